The molecule has 7 heteroatoms. The summed E-state index contributed by atoms with van der Waals surface area (Å²) in [6, 6.07) is 0.338. The molecule has 0 heterocycles. The van der Waals surface area contributed by atoms with Gasteiger partial charge in [-0.1, -0.05) is 202 Å². The van der Waals surface area contributed by atoms with Crippen molar-refractivity contribution in [3.63, 3.8) is 0 Å². The number of carbonyl (C=O) groups excluding carboxylic acids is 3. The first-order valence-electron chi connectivity index (χ1n) is 28.5. The van der Waals surface area contributed by atoms with Crippen LogP contribution in [-0.2, 0) is 23.9 Å². The molecule has 0 aliphatic rings. The van der Waals surface area contributed by atoms with E-state index < -0.39 is 0 Å². The maximum atomic E-state index is 13.9. The number of carbonyl (C=O) groups is 3. The van der Waals surface area contributed by atoms with E-state index in [9.17, 15) is 14.4 Å². The zero-order valence-corrected chi connectivity index (χ0v) is 44.3. The molecule has 7 nitrogen and oxygen atoms in total. The Morgan fingerprint density at radius 1 is 0.344 bits per heavy atom. The van der Waals surface area contributed by atoms with E-state index in [2.05, 4.69) is 58.5 Å². The molecule has 0 radical (unpaired) electrons. The van der Waals surface area contributed by atoms with Gasteiger partial charge in [-0.05, 0) is 104 Å². The number of rotatable bonds is 50. The van der Waals surface area contributed by atoms with Gasteiger partial charge in [0.05, 0.1) is 0 Å². The highest BCUT2D eigenvalue weighted by Crippen LogP contribution is 2.23. The highest BCUT2D eigenvalue weighted by molar-refractivity contribution is 5.76. The topological polar surface area (TPSA) is 76.2 Å². The van der Waals surface area contributed by atoms with E-state index in [1.165, 1.54) is 148 Å². The number of hydrogen-bond donors (Lipinski definition) is 0. The first kappa shape index (κ1) is 62.4. The van der Waals surface area contributed by atoms with Crippen LogP contribution in [0.1, 0.15) is 304 Å². The largest absolute Gasteiger partial charge is 0.462 e. The van der Waals surface area contributed by atoms with Gasteiger partial charge in [0.25, 0.3) is 0 Å². The monoisotopic (exact) mass is 905 g/mol. The van der Waals surface area contributed by atoms with E-state index in [1.807, 2.05) is 0 Å². The summed E-state index contributed by atoms with van der Waals surface area (Å²) in [5.74, 6) is 0.408. The Morgan fingerprint density at radius 2 is 0.656 bits per heavy atom. The molecule has 0 saturated heterocycles. The third-order valence-electron chi connectivity index (χ3n) is 13.5. The molecule has 0 rings (SSSR count). The molecule has 0 bridgehead atoms. The number of unbranched alkanes of at least 4 members (excludes halogenated alkanes) is 25. The molecule has 0 aromatic carbocycles. The van der Waals surface area contributed by atoms with Gasteiger partial charge in [-0.15, -0.1) is 0 Å². The van der Waals surface area contributed by atoms with Crippen LogP contribution in [0, 0.1) is 0 Å². The molecule has 0 aliphatic carbocycles. The van der Waals surface area contributed by atoms with Crippen molar-refractivity contribution in [3.05, 3.63) is 0 Å². The third-order valence-corrected chi connectivity index (χ3v) is 13.5. The van der Waals surface area contributed by atoms with Crippen molar-refractivity contribution in [1.82, 2.24) is 9.80 Å². The van der Waals surface area contributed by atoms with Crippen molar-refractivity contribution in [1.29, 1.82) is 0 Å². The van der Waals surface area contributed by atoms with E-state index >= 15 is 0 Å². The van der Waals surface area contributed by atoms with Crippen LogP contribution in [0.4, 0.5) is 0 Å². The summed E-state index contributed by atoms with van der Waals surface area (Å²) in [7, 11) is 4.27. The molecular weight excluding hydrogens is 793 g/mol. The lowest BCUT2D eigenvalue weighted by atomic mass is 9.97. The molecular formula is C57H112N2O5. The van der Waals surface area contributed by atoms with E-state index in [0.29, 0.717) is 31.2 Å². The van der Waals surface area contributed by atoms with Crippen LogP contribution in [0.3, 0.4) is 0 Å². The van der Waals surface area contributed by atoms with Crippen LogP contribution < -0.4 is 0 Å². The third kappa shape index (κ3) is 40.6. The Hall–Kier alpha value is -1.63. The molecule has 0 aliphatic heterocycles. The van der Waals surface area contributed by atoms with Crippen molar-refractivity contribution in [2.45, 2.75) is 323 Å². The zero-order chi connectivity index (χ0) is 47.1. The molecule has 0 aromatic heterocycles. The second-order valence-corrected chi connectivity index (χ2v) is 20.1. The quantitative estimate of drug-likeness (QED) is 0.0447. The highest BCUT2D eigenvalue weighted by Gasteiger charge is 2.23. The second kappa shape index (κ2) is 47.8. The fourth-order valence-corrected chi connectivity index (χ4v) is 9.28. The summed E-state index contributed by atoms with van der Waals surface area (Å²) in [6.07, 6.45) is 47.2. The van der Waals surface area contributed by atoms with Crippen LogP contribution in [0.5, 0.6) is 0 Å². The lowest BCUT2D eigenvalue weighted by Gasteiger charge is -2.33. The van der Waals surface area contributed by atoms with Crippen molar-refractivity contribution >= 4 is 17.8 Å². The Labute approximate surface area is 399 Å². The first-order chi connectivity index (χ1) is 31.2. The summed E-state index contributed by atoms with van der Waals surface area (Å²) in [4.78, 5) is 43.8. The summed E-state index contributed by atoms with van der Waals surface area (Å²) in [5.41, 5.74) is 0. The number of hydrogen-bond acceptors (Lipinski definition) is 6. The van der Waals surface area contributed by atoms with Crippen molar-refractivity contribution in [3.8, 4) is 0 Å². The molecule has 0 saturated carbocycles. The lowest BCUT2D eigenvalue weighted by molar-refractivity contribution is -0.151. The molecule has 0 fully saturated rings. The van der Waals surface area contributed by atoms with Gasteiger partial charge in [0.2, 0.25) is 5.91 Å². The molecule has 0 spiro atoms. The fraction of sp³-hybridized carbons (Fsp3) is 0.947. The maximum absolute atomic E-state index is 13.9. The minimum absolute atomic E-state index is 0.0108. The minimum Gasteiger partial charge on any atom is -0.462 e. The Kier molecular flexibility index (Phi) is 46.6. The van der Waals surface area contributed by atoms with Gasteiger partial charge in [0.1, 0.15) is 12.2 Å². The van der Waals surface area contributed by atoms with Crippen LogP contribution in [0.2, 0.25) is 0 Å². The minimum atomic E-state index is 0.0108. The normalized spacial score (nSPS) is 12.6. The van der Waals surface area contributed by atoms with E-state index in [4.69, 9.17) is 9.47 Å². The predicted octanol–water partition coefficient (Wildman–Crippen LogP) is 17.1. The van der Waals surface area contributed by atoms with Gasteiger partial charge in [-0.3, -0.25) is 14.4 Å². The Bertz CT molecular complexity index is 1010. The number of esters is 2. The lowest BCUT2D eigenvalue weighted by Crippen LogP contribution is -2.41. The van der Waals surface area contributed by atoms with Gasteiger partial charge in [-0.25, -0.2) is 0 Å². The maximum Gasteiger partial charge on any atom is 0.306 e. The first-order valence-corrected chi connectivity index (χ1v) is 28.5. The van der Waals surface area contributed by atoms with Crippen molar-refractivity contribution in [2.75, 3.05) is 27.2 Å². The summed E-state index contributed by atoms with van der Waals surface area (Å²) in [5, 5.41) is 0. The molecule has 0 N–H and O–H groups in total. The van der Waals surface area contributed by atoms with Crippen LogP contribution >= 0.6 is 0 Å². The highest BCUT2D eigenvalue weighted by atomic mass is 16.5. The number of ether oxygens (including phenoxy) is 2. The smallest absolute Gasteiger partial charge is 0.306 e. The van der Waals surface area contributed by atoms with Crippen molar-refractivity contribution < 1.29 is 23.9 Å². The van der Waals surface area contributed by atoms with E-state index in [-0.39, 0.29) is 24.1 Å². The fourth-order valence-electron chi connectivity index (χ4n) is 9.28. The van der Waals surface area contributed by atoms with Gasteiger partial charge in [0, 0.05) is 31.8 Å². The number of amides is 1. The average Bonchev–Trinajstić information content (AvgIpc) is 3.27. The second-order valence-electron chi connectivity index (χ2n) is 20.1. The molecule has 2 atom stereocenters. The van der Waals surface area contributed by atoms with Crippen LogP contribution in [0.15, 0.2) is 0 Å². The SMILES string of the molecule is CCCCCCCC(=O)N(CCCN(C)C)C(CCCCCCCCCCC(=O)OC(CCCC)CCCCC)CCCCCCCCC(=O)OC(CCCCCC)CCCCCC. The molecule has 0 aromatic rings. The van der Waals surface area contributed by atoms with Crippen LogP contribution in [0.25, 0.3) is 0 Å². The van der Waals surface area contributed by atoms with Crippen molar-refractivity contribution in [2.24, 2.45) is 0 Å². The zero-order valence-electron chi connectivity index (χ0n) is 44.3. The van der Waals surface area contributed by atoms with E-state index in [1.54, 1.807) is 0 Å². The standard InChI is InChI=1S/C57H112N2O5/c1-8-13-18-27-37-47-55(60)59(51-40-50-58(6)7)52(41-33-28-23-21-22-24-30-38-48-56(61)63-53(43-17-12-5)44-32-16-11-4)42-34-29-25-26-31-39-49-57(62)64-54(45-35-19-14-9-2)46-36-20-15-10-3/h52-54H,8-51H2,1-7H3. The van der Waals surface area contributed by atoms with Crippen LogP contribution in [-0.4, -0.2) is 73.1 Å². The predicted molar refractivity (Wildman–Crippen MR) is 276 cm³/mol. The Balaban J connectivity index is 4.93. The molecule has 2 unspecified atom stereocenters. The average molecular weight is 906 g/mol. The number of nitrogens with zero attached hydrogens (tertiary/aromatic N) is 2. The van der Waals surface area contributed by atoms with E-state index in [0.717, 1.165) is 116 Å². The summed E-state index contributed by atoms with van der Waals surface area (Å²) >= 11 is 0. The molecule has 1 amide bonds. The summed E-state index contributed by atoms with van der Waals surface area (Å²) < 4.78 is 11.9. The van der Waals surface area contributed by atoms with Gasteiger partial charge < -0.3 is 19.3 Å². The van der Waals surface area contributed by atoms with Gasteiger partial charge in [-0.2, -0.15) is 0 Å². The molecule has 380 valence electrons. The van der Waals surface area contributed by atoms with Gasteiger partial charge in [0.15, 0.2) is 0 Å². The Morgan fingerprint density at radius 3 is 1.08 bits per heavy atom. The summed E-state index contributed by atoms with van der Waals surface area (Å²) in [6.45, 7) is 13.1. The van der Waals surface area contributed by atoms with Gasteiger partial charge >= 0.3 is 11.9 Å². The molecule has 64 heavy (non-hydrogen) atoms.